The Morgan fingerprint density at radius 1 is 1.15 bits per heavy atom. The number of halogens is 5. The minimum absolute atomic E-state index is 0.00634. The van der Waals surface area contributed by atoms with E-state index in [1.807, 2.05) is 4.90 Å². The van der Waals surface area contributed by atoms with Gasteiger partial charge in [-0.15, -0.1) is 10.2 Å². The summed E-state index contributed by atoms with van der Waals surface area (Å²) in [5.74, 6) is -0.421. The Hall–Kier alpha value is -3.38. The van der Waals surface area contributed by atoms with Crippen LogP contribution in [0.15, 0.2) is 42.7 Å². The van der Waals surface area contributed by atoms with Crippen LogP contribution >= 0.6 is 0 Å². The number of hydrogen-bond acceptors (Lipinski definition) is 5. The van der Waals surface area contributed by atoms with Gasteiger partial charge in [0.1, 0.15) is 6.33 Å². The van der Waals surface area contributed by atoms with E-state index < -0.39 is 41.3 Å². The van der Waals surface area contributed by atoms with Gasteiger partial charge in [-0.25, -0.2) is 4.39 Å². The van der Waals surface area contributed by atoms with Crippen LogP contribution in [0.3, 0.4) is 0 Å². The molecule has 0 bridgehead atoms. The van der Waals surface area contributed by atoms with Gasteiger partial charge in [0.05, 0.1) is 37.4 Å². The number of ether oxygens (including phenoxy) is 1. The molecule has 1 amide bonds. The number of carbonyl (C=O) groups excluding carboxylic acids is 1. The second-order valence-electron chi connectivity index (χ2n) is 11.5. The molecule has 3 aliphatic heterocycles. The summed E-state index contributed by atoms with van der Waals surface area (Å²) in [6, 6.07) is 9.25. The lowest BCUT2D eigenvalue weighted by atomic mass is 9.74. The Bertz CT molecular complexity index is 1460. The molecule has 2 fully saturated rings. The van der Waals surface area contributed by atoms with E-state index in [9.17, 15) is 22.4 Å². The summed E-state index contributed by atoms with van der Waals surface area (Å²) in [6.45, 7) is 2.26. The summed E-state index contributed by atoms with van der Waals surface area (Å²) >= 11 is 0. The maximum Gasteiger partial charge on any atom is 0.416 e. The van der Waals surface area contributed by atoms with E-state index in [-0.39, 0.29) is 43.3 Å². The molecule has 1 atom stereocenters. The van der Waals surface area contributed by atoms with Gasteiger partial charge in [-0.1, -0.05) is 19.1 Å². The van der Waals surface area contributed by atoms with Crippen molar-refractivity contribution in [3.05, 3.63) is 76.4 Å². The van der Waals surface area contributed by atoms with Crippen LogP contribution in [0.25, 0.3) is 0 Å². The molecule has 4 heterocycles. The minimum Gasteiger partial charge on any atom is -0.379 e. The van der Waals surface area contributed by atoms with Crippen LogP contribution in [0.2, 0.25) is 0 Å². The normalized spacial score (nSPS) is 20.7. The predicted molar refractivity (Wildman–Crippen MR) is 135 cm³/mol. The third-order valence-corrected chi connectivity index (χ3v) is 8.26. The van der Waals surface area contributed by atoms with Crippen LogP contribution in [0, 0.1) is 5.41 Å². The SMILES string of the molecule is Cn1cnnc1[C@@H](F)C1(c2cccc(N3Cc4c(cc(CN5CC(C)(CF)C5)cc4C(F)(F)F)C3=O)c2)COC1. The van der Waals surface area contributed by atoms with Crippen molar-refractivity contribution in [1.29, 1.82) is 0 Å². The first-order valence-electron chi connectivity index (χ1n) is 12.9. The Morgan fingerprint density at radius 3 is 2.50 bits per heavy atom. The average molecular weight is 562 g/mol. The number of hydrogen-bond donors (Lipinski definition) is 0. The standard InChI is InChI=1S/C28H28F5N5O2/c1-26(11-29)12-37(13-26)9-17-6-20-21(22(7-17)28(31,32)33)10-38(25(20)39)19-5-3-4-18(8-19)27(14-40-15-27)23(30)24-35-34-16-36(24)2/h3-8,16,23H,9-15H2,1-2H3/t23-/m1/s1. The van der Waals surface area contributed by atoms with Crippen LogP contribution in [0.5, 0.6) is 0 Å². The fraction of sp³-hybridized carbons (Fsp3) is 0.464. The quantitative estimate of drug-likeness (QED) is 0.389. The van der Waals surface area contributed by atoms with Gasteiger partial charge < -0.3 is 14.2 Å². The minimum atomic E-state index is -4.66. The second kappa shape index (κ2) is 9.34. The molecule has 212 valence electrons. The summed E-state index contributed by atoms with van der Waals surface area (Å²) in [5.41, 5.74) is -1.23. The first-order chi connectivity index (χ1) is 18.9. The number of likely N-dealkylation sites (tertiary alicyclic amines) is 1. The molecular weight excluding hydrogens is 533 g/mol. The van der Waals surface area contributed by atoms with E-state index in [2.05, 4.69) is 10.2 Å². The highest BCUT2D eigenvalue weighted by Crippen LogP contribution is 2.47. The molecule has 3 aromatic rings. The summed E-state index contributed by atoms with van der Waals surface area (Å²) < 4.78 is 78.4. The Morgan fingerprint density at radius 2 is 1.90 bits per heavy atom. The fourth-order valence-corrected chi connectivity index (χ4v) is 6.04. The number of fused-ring (bicyclic) bond motifs is 1. The number of anilines is 1. The van der Waals surface area contributed by atoms with Crippen LogP contribution < -0.4 is 4.90 Å². The molecule has 2 saturated heterocycles. The predicted octanol–water partition coefficient (Wildman–Crippen LogP) is 4.76. The lowest BCUT2D eigenvalue weighted by Gasteiger charge is -2.46. The maximum absolute atomic E-state index is 15.8. The molecule has 0 spiro atoms. The highest BCUT2D eigenvalue weighted by Gasteiger charge is 2.51. The number of amides is 1. The smallest absolute Gasteiger partial charge is 0.379 e. The van der Waals surface area contributed by atoms with Crippen molar-refractivity contribution in [3.8, 4) is 0 Å². The Labute approximate surface area is 227 Å². The zero-order valence-corrected chi connectivity index (χ0v) is 22.0. The summed E-state index contributed by atoms with van der Waals surface area (Å²) in [5, 5.41) is 7.66. The maximum atomic E-state index is 15.8. The average Bonchev–Trinajstić information content (AvgIpc) is 3.44. The van der Waals surface area contributed by atoms with Gasteiger partial charge in [-0.05, 0) is 41.0 Å². The largest absolute Gasteiger partial charge is 0.416 e. The van der Waals surface area contributed by atoms with Crippen molar-refractivity contribution in [1.82, 2.24) is 19.7 Å². The van der Waals surface area contributed by atoms with Gasteiger partial charge in [0, 0.05) is 43.3 Å². The van der Waals surface area contributed by atoms with E-state index in [0.29, 0.717) is 29.9 Å². The molecule has 0 aliphatic carbocycles. The molecule has 12 heteroatoms. The number of rotatable bonds is 7. The third-order valence-electron chi connectivity index (χ3n) is 8.26. The number of benzene rings is 2. The van der Waals surface area contributed by atoms with E-state index in [0.717, 1.165) is 6.07 Å². The van der Waals surface area contributed by atoms with Crippen molar-refractivity contribution in [2.24, 2.45) is 12.5 Å². The van der Waals surface area contributed by atoms with Crippen molar-refractivity contribution in [2.75, 3.05) is 37.9 Å². The lowest BCUT2D eigenvalue weighted by Crippen LogP contribution is -2.55. The lowest BCUT2D eigenvalue weighted by molar-refractivity contribution is -0.138. The van der Waals surface area contributed by atoms with Crippen molar-refractivity contribution in [3.63, 3.8) is 0 Å². The highest BCUT2D eigenvalue weighted by molar-refractivity contribution is 6.10. The molecular formula is C28H28F5N5O2. The first kappa shape index (κ1) is 26.8. The van der Waals surface area contributed by atoms with Crippen molar-refractivity contribution >= 4 is 11.6 Å². The van der Waals surface area contributed by atoms with Gasteiger partial charge in [-0.2, -0.15) is 13.2 Å². The Balaban J connectivity index is 1.31. The third kappa shape index (κ3) is 4.28. The van der Waals surface area contributed by atoms with Gasteiger partial charge in [0.15, 0.2) is 12.0 Å². The molecule has 3 aliphatic rings. The highest BCUT2D eigenvalue weighted by atomic mass is 19.4. The topological polar surface area (TPSA) is 63.5 Å². The van der Waals surface area contributed by atoms with Crippen LogP contribution in [-0.4, -0.2) is 58.5 Å². The summed E-state index contributed by atoms with van der Waals surface area (Å²) in [6.07, 6.45) is -4.80. The summed E-state index contributed by atoms with van der Waals surface area (Å²) in [4.78, 5) is 16.7. The molecule has 0 unspecified atom stereocenters. The molecule has 6 rings (SSSR count). The monoisotopic (exact) mass is 561 g/mol. The fourth-order valence-electron chi connectivity index (χ4n) is 6.04. The number of aromatic nitrogens is 3. The van der Waals surface area contributed by atoms with Gasteiger partial charge in [0.25, 0.3) is 5.91 Å². The number of nitrogens with zero attached hydrogens (tertiary/aromatic N) is 5. The second-order valence-corrected chi connectivity index (χ2v) is 11.5. The van der Waals surface area contributed by atoms with E-state index in [4.69, 9.17) is 4.74 Å². The summed E-state index contributed by atoms with van der Waals surface area (Å²) in [7, 11) is 1.64. The van der Waals surface area contributed by atoms with Crippen molar-refractivity contribution in [2.45, 2.75) is 37.8 Å². The van der Waals surface area contributed by atoms with Gasteiger partial charge >= 0.3 is 6.18 Å². The number of carbonyl (C=O) groups is 1. The molecule has 0 saturated carbocycles. The van der Waals surface area contributed by atoms with Crippen LogP contribution in [-0.2, 0) is 36.5 Å². The van der Waals surface area contributed by atoms with E-state index in [1.165, 1.54) is 21.9 Å². The molecule has 1 aromatic heterocycles. The molecule has 0 N–H and O–H groups in total. The van der Waals surface area contributed by atoms with E-state index in [1.54, 1.807) is 38.2 Å². The number of alkyl halides is 5. The number of aryl methyl sites for hydroxylation is 1. The molecule has 2 aromatic carbocycles. The van der Waals surface area contributed by atoms with E-state index >= 15 is 4.39 Å². The van der Waals surface area contributed by atoms with Gasteiger partial charge in [0.2, 0.25) is 0 Å². The Kier molecular flexibility index (Phi) is 6.26. The van der Waals surface area contributed by atoms with Crippen molar-refractivity contribution < 1.29 is 31.5 Å². The van der Waals surface area contributed by atoms with Crippen LogP contribution in [0.4, 0.5) is 27.6 Å². The first-order valence-corrected chi connectivity index (χ1v) is 12.9. The zero-order chi connectivity index (χ0) is 28.4. The van der Waals surface area contributed by atoms with Gasteiger partial charge in [-0.3, -0.25) is 14.1 Å². The zero-order valence-electron chi connectivity index (χ0n) is 22.0. The molecule has 0 radical (unpaired) electrons. The van der Waals surface area contributed by atoms with Crippen LogP contribution in [0.1, 0.15) is 51.5 Å². The molecule has 7 nitrogen and oxygen atoms in total. The molecule has 40 heavy (non-hydrogen) atoms.